The molecule has 71 heavy (non-hydrogen) atoms. The SMILES string of the molecule is CC/C=C\C/C=C\C/C=C\C/C=C\C/C=C\C/C=C\C/C=C\CCCCCC(=O)OCC(COC(=O)CCCCCCC/C=C\CCCCCCC)OC(=O)CCCCCCC/C=C\C/C=C\CCCC. The van der Waals surface area contributed by atoms with Gasteiger partial charge >= 0.3 is 17.9 Å². The minimum atomic E-state index is -0.806. The molecule has 0 aromatic heterocycles. The lowest BCUT2D eigenvalue weighted by Crippen LogP contribution is -2.30. The van der Waals surface area contributed by atoms with Gasteiger partial charge in [0.05, 0.1) is 0 Å². The summed E-state index contributed by atoms with van der Waals surface area (Å²) in [5.41, 5.74) is 0. The predicted octanol–water partition coefficient (Wildman–Crippen LogP) is 19.6. The highest BCUT2D eigenvalue weighted by atomic mass is 16.6. The van der Waals surface area contributed by atoms with Gasteiger partial charge in [-0.2, -0.15) is 0 Å². The van der Waals surface area contributed by atoms with Gasteiger partial charge in [-0.25, -0.2) is 0 Å². The van der Waals surface area contributed by atoms with Crippen LogP contribution in [0.4, 0.5) is 0 Å². The summed E-state index contributed by atoms with van der Waals surface area (Å²) in [6.07, 6.45) is 80.4. The molecule has 0 saturated carbocycles. The summed E-state index contributed by atoms with van der Waals surface area (Å²) in [4.78, 5) is 38.1. The van der Waals surface area contributed by atoms with Crippen LogP contribution in [0, 0.1) is 0 Å². The molecule has 0 N–H and O–H groups in total. The van der Waals surface area contributed by atoms with Crippen LogP contribution in [0.25, 0.3) is 0 Å². The van der Waals surface area contributed by atoms with Crippen LogP contribution in [-0.4, -0.2) is 37.2 Å². The van der Waals surface area contributed by atoms with Crippen LogP contribution in [0.5, 0.6) is 0 Å². The van der Waals surface area contributed by atoms with Crippen LogP contribution in [0.1, 0.15) is 252 Å². The zero-order chi connectivity index (χ0) is 51.4. The maximum atomic E-state index is 12.8. The van der Waals surface area contributed by atoms with Crippen LogP contribution in [0.3, 0.4) is 0 Å². The van der Waals surface area contributed by atoms with E-state index in [2.05, 4.69) is 142 Å². The van der Waals surface area contributed by atoms with Crippen LogP contribution in [0.15, 0.2) is 122 Å². The zero-order valence-electron chi connectivity index (χ0n) is 45.9. The number of allylic oxidation sites excluding steroid dienone is 20. The van der Waals surface area contributed by atoms with E-state index in [0.29, 0.717) is 19.3 Å². The van der Waals surface area contributed by atoms with Crippen molar-refractivity contribution in [1.82, 2.24) is 0 Å². The highest BCUT2D eigenvalue weighted by molar-refractivity contribution is 5.71. The molecule has 0 heterocycles. The molecule has 0 aliphatic carbocycles. The standard InChI is InChI=1S/C65H106O6/c1-4-7-10-13-16-19-22-25-28-29-30-31-32-33-34-35-36-37-38-41-43-46-49-52-55-58-64(67)70-61-62(71-65(68)59-56-53-50-47-44-40-27-24-21-18-15-12-9-6-3)60-69-63(66)57-54-51-48-45-42-39-26-23-20-17-14-11-8-5-2/h7,10,15-16,18-19,23-28,30-31,33-34,36-37,41,43,62H,4-6,8-9,11-14,17,20-22,29,32,35,38-40,42,44-61H2,1-3H3/b10-7-,18-15-,19-16-,26-23-,27-24-,28-25-,31-30-,34-33-,37-36-,43-41-. The Labute approximate surface area is 437 Å². The van der Waals surface area contributed by atoms with Crippen LogP contribution < -0.4 is 0 Å². The third kappa shape index (κ3) is 56.6. The van der Waals surface area contributed by atoms with Gasteiger partial charge in [-0.05, 0) is 128 Å². The molecule has 6 nitrogen and oxygen atoms in total. The van der Waals surface area contributed by atoms with E-state index in [1.807, 2.05) is 0 Å². The van der Waals surface area contributed by atoms with Crippen molar-refractivity contribution in [2.75, 3.05) is 13.2 Å². The van der Waals surface area contributed by atoms with Gasteiger partial charge in [-0.1, -0.05) is 226 Å². The number of hydrogen-bond acceptors (Lipinski definition) is 6. The molecule has 0 aliphatic heterocycles. The molecule has 0 rings (SSSR count). The second-order valence-corrected chi connectivity index (χ2v) is 18.8. The number of carbonyl (C=O) groups excluding carboxylic acids is 3. The van der Waals surface area contributed by atoms with E-state index in [9.17, 15) is 14.4 Å². The first kappa shape index (κ1) is 66.8. The van der Waals surface area contributed by atoms with Gasteiger partial charge in [-0.15, -0.1) is 0 Å². The average molecular weight is 984 g/mol. The third-order valence-electron chi connectivity index (χ3n) is 11.9. The molecule has 0 radical (unpaired) electrons. The summed E-state index contributed by atoms with van der Waals surface area (Å²) < 4.78 is 16.8. The first-order chi connectivity index (χ1) is 35.0. The molecule has 1 atom stereocenters. The summed E-state index contributed by atoms with van der Waals surface area (Å²) in [5, 5.41) is 0. The minimum Gasteiger partial charge on any atom is -0.462 e. The summed E-state index contributed by atoms with van der Waals surface area (Å²) >= 11 is 0. The van der Waals surface area contributed by atoms with Crippen LogP contribution >= 0.6 is 0 Å². The summed E-state index contributed by atoms with van der Waals surface area (Å²) in [6, 6.07) is 0. The Morgan fingerprint density at radius 3 is 0.930 bits per heavy atom. The Hall–Kier alpha value is -4.19. The van der Waals surface area contributed by atoms with Crippen molar-refractivity contribution in [3.05, 3.63) is 122 Å². The van der Waals surface area contributed by atoms with Crippen molar-refractivity contribution in [2.45, 2.75) is 258 Å². The van der Waals surface area contributed by atoms with Gasteiger partial charge in [0, 0.05) is 19.3 Å². The Morgan fingerprint density at radius 1 is 0.296 bits per heavy atom. The van der Waals surface area contributed by atoms with E-state index in [4.69, 9.17) is 14.2 Å². The molecule has 6 heteroatoms. The lowest BCUT2D eigenvalue weighted by molar-refractivity contribution is -0.167. The smallest absolute Gasteiger partial charge is 0.306 e. The van der Waals surface area contributed by atoms with Gasteiger partial charge in [0.1, 0.15) is 13.2 Å². The molecule has 1 unspecified atom stereocenters. The molecule has 0 amide bonds. The van der Waals surface area contributed by atoms with Crippen molar-refractivity contribution >= 4 is 17.9 Å². The van der Waals surface area contributed by atoms with Gasteiger partial charge < -0.3 is 14.2 Å². The lowest BCUT2D eigenvalue weighted by atomic mass is 10.1. The Morgan fingerprint density at radius 2 is 0.563 bits per heavy atom. The molecule has 0 aromatic carbocycles. The second-order valence-electron chi connectivity index (χ2n) is 18.8. The molecular weight excluding hydrogens is 877 g/mol. The topological polar surface area (TPSA) is 78.9 Å². The number of unbranched alkanes of at least 4 members (excludes halogenated alkanes) is 20. The van der Waals surface area contributed by atoms with Crippen LogP contribution in [-0.2, 0) is 28.6 Å². The second kappa shape index (κ2) is 58.4. The highest BCUT2D eigenvalue weighted by Crippen LogP contribution is 2.13. The highest BCUT2D eigenvalue weighted by Gasteiger charge is 2.19. The van der Waals surface area contributed by atoms with Crippen molar-refractivity contribution in [3.8, 4) is 0 Å². The third-order valence-corrected chi connectivity index (χ3v) is 11.9. The van der Waals surface area contributed by atoms with E-state index < -0.39 is 6.10 Å². The van der Waals surface area contributed by atoms with Gasteiger partial charge in [0.25, 0.3) is 0 Å². The molecule has 0 bridgehead atoms. The predicted molar refractivity (Wildman–Crippen MR) is 306 cm³/mol. The Kier molecular flexibility index (Phi) is 54.9. The van der Waals surface area contributed by atoms with E-state index >= 15 is 0 Å². The lowest BCUT2D eigenvalue weighted by Gasteiger charge is -2.18. The molecular formula is C65H106O6. The Balaban J connectivity index is 4.45. The molecule has 0 fully saturated rings. The number of ether oxygens (including phenoxy) is 3. The van der Waals surface area contributed by atoms with Crippen molar-refractivity contribution in [2.24, 2.45) is 0 Å². The number of rotatable bonds is 51. The van der Waals surface area contributed by atoms with Crippen molar-refractivity contribution < 1.29 is 28.6 Å². The van der Waals surface area contributed by atoms with E-state index in [-0.39, 0.29) is 31.1 Å². The number of esters is 3. The first-order valence-electron chi connectivity index (χ1n) is 29.0. The average Bonchev–Trinajstić information content (AvgIpc) is 3.37. The monoisotopic (exact) mass is 983 g/mol. The van der Waals surface area contributed by atoms with Gasteiger partial charge in [0.15, 0.2) is 6.10 Å². The summed E-state index contributed by atoms with van der Waals surface area (Å²) in [7, 11) is 0. The van der Waals surface area contributed by atoms with E-state index in [0.717, 1.165) is 148 Å². The Bertz CT molecular complexity index is 1500. The van der Waals surface area contributed by atoms with E-state index in [1.54, 1.807) is 0 Å². The molecule has 402 valence electrons. The first-order valence-corrected chi connectivity index (χ1v) is 29.0. The van der Waals surface area contributed by atoms with Crippen molar-refractivity contribution in [1.29, 1.82) is 0 Å². The van der Waals surface area contributed by atoms with Gasteiger partial charge in [-0.3, -0.25) is 14.4 Å². The minimum absolute atomic E-state index is 0.101. The fraction of sp³-hybridized carbons (Fsp3) is 0.646. The quantitative estimate of drug-likeness (QED) is 0.0261. The fourth-order valence-corrected chi connectivity index (χ4v) is 7.55. The van der Waals surface area contributed by atoms with E-state index in [1.165, 1.54) is 64.2 Å². The fourth-order valence-electron chi connectivity index (χ4n) is 7.55. The molecule has 0 saturated heterocycles. The largest absolute Gasteiger partial charge is 0.462 e. The summed E-state index contributed by atoms with van der Waals surface area (Å²) in [6.45, 7) is 6.42. The van der Waals surface area contributed by atoms with Crippen molar-refractivity contribution in [3.63, 3.8) is 0 Å². The normalized spacial score (nSPS) is 13.0. The van der Waals surface area contributed by atoms with Crippen LogP contribution in [0.2, 0.25) is 0 Å². The summed E-state index contributed by atoms with van der Waals surface area (Å²) in [5.74, 6) is -0.960. The molecule has 0 aliphatic rings. The zero-order valence-corrected chi connectivity index (χ0v) is 45.9. The van der Waals surface area contributed by atoms with Gasteiger partial charge in [0.2, 0.25) is 0 Å². The molecule has 0 aromatic rings. The molecule has 0 spiro atoms. The maximum absolute atomic E-state index is 12.8. The maximum Gasteiger partial charge on any atom is 0.306 e. The number of hydrogen-bond donors (Lipinski definition) is 0. The number of carbonyl (C=O) groups is 3.